The molecule has 0 saturated carbocycles. The van der Waals surface area contributed by atoms with E-state index >= 15 is 0 Å². The van der Waals surface area contributed by atoms with E-state index in [-0.39, 0.29) is 11.8 Å². The molecule has 1 aromatic heterocycles. The van der Waals surface area contributed by atoms with Gasteiger partial charge in [0, 0.05) is 12.1 Å². The molecule has 0 aliphatic carbocycles. The number of thiophene rings is 1. The first kappa shape index (κ1) is 14.8. The topological polar surface area (TPSA) is 58.2 Å². The quantitative estimate of drug-likeness (QED) is 0.915. The van der Waals surface area contributed by atoms with Crippen molar-refractivity contribution in [2.75, 3.05) is 6.54 Å². The summed E-state index contributed by atoms with van der Waals surface area (Å²) in [5, 5.41) is 7.63. The summed E-state index contributed by atoms with van der Waals surface area (Å²) in [6, 6.07) is 11.3. The number of nitrogens with one attached hydrogen (secondary N) is 2. The van der Waals surface area contributed by atoms with Crippen LogP contribution in [0, 0.1) is 0 Å². The molecule has 1 aromatic carbocycles. The number of benzene rings is 1. The summed E-state index contributed by atoms with van der Waals surface area (Å²) in [6.45, 7) is 0.694. The molecule has 2 amide bonds. The lowest BCUT2D eigenvalue weighted by molar-refractivity contribution is -0.122. The van der Waals surface area contributed by atoms with Gasteiger partial charge in [0.15, 0.2) is 0 Å². The maximum Gasteiger partial charge on any atom is 0.262 e. The van der Waals surface area contributed by atoms with Crippen molar-refractivity contribution in [3.05, 3.63) is 46.7 Å². The van der Waals surface area contributed by atoms with E-state index in [1.165, 1.54) is 11.3 Å². The Morgan fingerprint density at radius 1 is 1.18 bits per heavy atom. The Morgan fingerprint density at radius 2 is 2.00 bits per heavy atom. The normalized spacial score (nSPS) is 18.4. The van der Waals surface area contributed by atoms with E-state index in [1.54, 1.807) is 0 Å². The first-order chi connectivity index (χ1) is 10.8. The standard InChI is InChI=1S/C17H18N2O2S/c20-16-14(8-4-5-10-18-16)19-17(21)15-13(9-11-22-15)12-6-2-1-3-7-12/h1-3,6-7,9,11,14H,4-5,8,10H2,(H,18,20)(H,19,21)/t14-/m0/s1. The molecule has 0 radical (unpaired) electrons. The summed E-state index contributed by atoms with van der Waals surface area (Å²) in [5.41, 5.74) is 1.93. The highest BCUT2D eigenvalue weighted by Crippen LogP contribution is 2.28. The van der Waals surface area contributed by atoms with E-state index in [4.69, 9.17) is 0 Å². The molecule has 1 saturated heterocycles. The minimum absolute atomic E-state index is 0.0799. The van der Waals surface area contributed by atoms with Crippen LogP contribution in [0.2, 0.25) is 0 Å². The van der Waals surface area contributed by atoms with Gasteiger partial charge in [0.1, 0.15) is 6.04 Å². The third-order valence-corrected chi connectivity index (χ3v) is 4.71. The average molecular weight is 314 g/mol. The van der Waals surface area contributed by atoms with Crippen LogP contribution in [-0.2, 0) is 4.79 Å². The van der Waals surface area contributed by atoms with E-state index in [1.807, 2.05) is 41.8 Å². The summed E-state index contributed by atoms with van der Waals surface area (Å²) in [7, 11) is 0. The smallest absolute Gasteiger partial charge is 0.262 e. The SMILES string of the molecule is O=C(N[C@H]1CCCCNC1=O)c1sccc1-c1ccccc1. The minimum Gasteiger partial charge on any atom is -0.354 e. The number of carbonyl (C=O) groups is 2. The summed E-state index contributed by atoms with van der Waals surface area (Å²) in [4.78, 5) is 25.2. The van der Waals surface area contributed by atoms with Crippen LogP contribution in [0.3, 0.4) is 0 Å². The van der Waals surface area contributed by atoms with Crippen molar-refractivity contribution in [2.24, 2.45) is 0 Å². The van der Waals surface area contributed by atoms with Gasteiger partial charge in [-0.2, -0.15) is 0 Å². The Labute approximate surface area is 133 Å². The molecule has 114 valence electrons. The Morgan fingerprint density at radius 3 is 2.82 bits per heavy atom. The predicted octanol–water partition coefficient (Wildman–Crippen LogP) is 2.81. The van der Waals surface area contributed by atoms with Crippen LogP contribution in [0.5, 0.6) is 0 Å². The van der Waals surface area contributed by atoms with Gasteiger partial charge in [-0.05, 0) is 36.3 Å². The fraction of sp³-hybridized carbons (Fsp3) is 0.294. The highest BCUT2D eigenvalue weighted by molar-refractivity contribution is 7.12. The zero-order chi connectivity index (χ0) is 15.4. The fourth-order valence-electron chi connectivity index (χ4n) is 2.63. The lowest BCUT2D eigenvalue weighted by Gasteiger charge is -2.15. The van der Waals surface area contributed by atoms with Gasteiger partial charge in [-0.3, -0.25) is 9.59 Å². The molecule has 0 bridgehead atoms. The molecule has 2 aromatic rings. The van der Waals surface area contributed by atoms with Crippen LogP contribution in [0.15, 0.2) is 41.8 Å². The molecule has 1 aliphatic rings. The van der Waals surface area contributed by atoms with Crippen molar-refractivity contribution in [3.8, 4) is 11.1 Å². The van der Waals surface area contributed by atoms with Crippen LogP contribution in [0.4, 0.5) is 0 Å². The molecular formula is C17H18N2O2S. The number of hydrogen-bond acceptors (Lipinski definition) is 3. The molecule has 2 heterocycles. The van der Waals surface area contributed by atoms with Crippen LogP contribution in [0.25, 0.3) is 11.1 Å². The van der Waals surface area contributed by atoms with E-state index < -0.39 is 6.04 Å². The first-order valence-electron chi connectivity index (χ1n) is 7.47. The third kappa shape index (κ3) is 3.20. The van der Waals surface area contributed by atoms with E-state index in [2.05, 4.69) is 10.6 Å². The summed E-state index contributed by atoms with van der Waals surface area (Å²) < 4.78 is 0. The number of carbonyl (C=O) groups excluding carboxylic acids is 2. The Bertz CT molecular complexity index is 666. The van der Waals surface area contributed by atoms with Gasteiger partial charge in [-0.25, -0.2) is 0 Å². The molecule has 5 heteroatoms. The highest BCUT2D eigenvalue weighted by atomic mass is 32.1. The highest BCUT2D eigenvalue weighted by Gasteiger charge is 2.24. The maximum atomic E-state index is 12.5. The molecule has 22 heavy (non-hydrogen) atoms. The summed E-state index contributed by atoms with van der Waals surface area (Å²) in [6.07, 6.45) is 2.61. The van der Waals surface area contributed by atoms with Gasteiger partial charge in [0.05, 0.1) is 4.88 Å². The Kier molecular flexibility index (Phi) is 4.53. The van der Waals surface area contributed by atoms with Crippen LogP contribution in [-0.4, -0.2) is 24.4 Å². The summed E-state index contributed by atoms with van der Waals surface area (Å²) in [5.74, 6) is -0.250. The third-order valence-electron chi connectivity index (χ3n) is 3.80. The van der Waals surface area contributed by atoms with Crippen molar-refractivity contribution in [1.82, 2.24) is 10.6 Å². The van der Waals surface area contributed by atoms with Crippen molar-refractivity contribution in [2.45, 2.75) is 25.3 Å². The maximum absolute atomic E-state index is 12.5. The lowest BCUT2D eigenvalue weighted by atomic mass is 10.1. The van der Waals surface area contributed by atoms with Crippen LogP contribution < -0.4 is 10.6 Å². The second-order valence-corrected chi connectivity index (χ2v) is 6.26. The molecule has 2 N–H and O–H groups in total. The fourth-order valence-corrected chi connectivity index (χ4v) is 3.45. The van der Waals surface area contributed by atoms with Gasteiger partial charge in [-0.1, -0.05) is 30.3 Å². The van der Waals surface area contributed by atoms with Crippen molar-refractivity contribution in [1.29, 1.82) is 0 Å². The van der Waals surface area contributed by atoms with Gasteiger partial charge in [0.25, 0.3) is 5.91 Å². The number of hydrogen-bond donors (Lipinski definition) is 2. The molecule has 0 unspecified atom stereocenters. The molecule has 0 spiro atoms. The largest absolute Gasteiger partial charge is 0.354 e. The molecule has 3 rings (SSSR count). The zero-order valence-electron chi connectivity index (χ0n) is 12.2. The zero-order valence-corrected chi connectivity index (χ0v) is 13.0. The van der Waals surface area contributed by atoms with Crippen molar-refractivity contribution in [3.63, 3.8) is 0 Å². The van der Waals surface area contributed by atoms with E-state index in [0.717, 1.165) is 24.0 Å². The second kappa shape index (κ2) is 6.75. The Balaban J connectivity index is 1.78. The van der Waals surface area contributed by atoms with Gasteiger partial charge in [-0.15, -0.1) is 11.3 Å². The van der Waals surface area contributed by atoms with E-state index in [9.17, 15) is 9.59 Å². The number of rotatable bonds is 3. The monoisotopic (exact) mass is 314 g/mol. The Hall–Kier alpha value is -2.14. The van der Waals surface area contributed by atoms with E-state index in [0.29, 0.717) is 17.8 Å². The molecule has 4 nitrogen and oxygen atoms in total. The van der Waals surface area contributed by atoms with Crippen molar-refractivity contribution >= 4 is 23.2 Å². The predicted molar refractivity (Wildman–Crippen MR) is 87.9 cm³/mol. The van der Waals surface area contributed by atoms with Gasteiger partial charge in [0.2, 0.25) is 5.91 Å². The van der Waals surface area contributed by atoms with Crippen LogP contribution in [0.1, 0.15) is 28.9 Å². The lowest BCUT2D eigenvalue weighted by Crippen LogP contribution is -2.45. The molecule has 1 atom stereocenters. The summed E-state index contributed by atoms with van der Waals surface area (Å²) >= 11 is 1.40. The van der Waals surface area contributed by atoms with Gasteiger partial charge >= 0.3 is 0 Å². The first-order valence-corrected chi connectivity index (χ1v) is 8.35. The van der Waals surface area contributed by atoms with Crippen LogP contribution >= 0.6 is 11.3 Å². The number of amides is 2. The molecule has 1 aliphatic heterocycles. The minimum atomic E-state index is -0.430. The van der Waals surface area contributed by atoms with Gasteiger partial charge < -0.3 is 10.6 Å². The average Bonchev–Trinajstić information content (AvgIpc) is 2.95. The molecule has 1 fully saturated rings. The van der Waals surface area contributed by atoms with Crippen molar-refractivity contribution < 1.29 is 9.59 Å². The molecular weight excluding hydrogens is 296 g/mol. The second-order valence-electron chi connectivity index (χ2n) is 5.34.